The highest BCUT2D eigenvalue weighted by Crippen LogP contribution is 2.19. The lowest BCUT2D eigenvalue weighted by molar-refractivity contribution is 0.0749. The van der Waals surface area contributed by atoms with Crippen LogP contribution >= 0.6 is 0 Å². The molecule has 0 spiro atoms. The molecule has 24 heavy (non-hydrogen) atoms. The fraction of sp³-hybridized carbons (Fsp3) is 0.200. The highest BCUT2D eigenvalue weighted by atomic mass is 32.2. The van der Waals surface area contributed by atoms with E-state index in [4.69, 9.17) is 4.84 Å². The van der Waals surface area contributed by atoms with Crippen LogP contribution in [0.3, 0.4) is 0 Å². The summed E-state index contributed by atoms with van der Waals surface area (Å²) in [4.78, 5) is 6.74. The Morgan fingerprint density at radius 1 is 1.21 bits per heavy atom. The smallest absolute Gasteiger partial charge is 0.242 e. The van der Waals surface area contributed by atoms with Crippen LogP contribution in [0, 0.1) is 5.82 Å². The number of benzene rings is 2. The summed E-state index contributed by atoms with van der Waals surface area (Å²) in [6, 6.07) is 10.4. The SMILES string of the molecule is CN(C)S(=O)(=O)c1ccc2nnn(OCc3cccc(F)c3)c2c1. The second-order valence-electron chi connectivity index (χ2n) is 5.30. The van der Waals surface area contributed by atoms with E-state index in [1.54, 1.807) is 18.2 Å². The summed E-state index contributed by atoms with van der Waals surface area (Å²) in [5.74, 6) is -0.362. The molecule has 0 saturated carbocycles. The van der Waals surface area contributed by atoms with E-state index in [0.29, 0.717) is 16.6 Å². The van der Waals surface area contributed by atoms with Crippen LogP contribution in [0.2, 0.25) is 0 Å². The maximum absolute atomic E-state index is 13.2. The van der Waals surface area contributed by atoms with E-state index in [2.05, 4.69) is 10.3 Å². The third kappa shape index (κ3) is 3.08. The Morgan fingerprint density at radius 2 is 2.00 bits per heavy atom. The van der Waals surface area contributed by atoms with Crippen molar-refractivity contribution in [2.75, 3.05) is 14.1 Å². The van der Waals surface area contributed by atoms with Gasteiger partial charge in [0.05, 0.1) is 4.90 Å². The van der Waals surface area contributed by atoms with Crippen molar-refractivity contribution in [3.63, 3.8) is 0 Å². The van der Waals surface area contributed by atoms with Gasteiger partial charge in [0.15, 0.2) is 0 Å². The third-order valence-corrected chi connectivity index (χ3v) is 5.22. The van der Waals surface area contributed by atoms with Crippen molar-refractivity contribution in [3.8, 4) is 0 Å². The fourth-order valence-corrected chi connectivity index (χ4v) is 3.03. The van der Waals surface area contributed by atoms with Gasteiger partial charge < -0.3 is 4.84 Å². The molecule has 126 valence electrons. The summed E-state index contributed by atoms with van der Waals surface area (Å²) in [6.45, 7) is 0.0703. The predicted molar refractivity (Wildman–Crippen MR) is 85.1 cm³/mol. The van der Waals surface area contributed by atoms with Crippen molar-refractivity contribution in [2.45, 2.75) is 11.5 Å². The summed E-state index contributed by atoms with van der Waals surface area (Å²) in [5.41, 5.74) is 1.52. The molecular formula is C15H15FN4O3S. The first kappa shape index (κ1) is 16.3. The lowest BCUT2D eigenvalue weighted by atomic mass is 10.2. The molecule has 1 aromatic heterocycles. The van der Waals surface area contributed by atoms with Gasteiger partial charge in [0.25, 0.3) is 0 Å². The number of hydrogen-bond acceptors (Lipinski definition) is 5. The van der Waals surface area contributed by atoms with E-state index in [-0.39, 0.29) is 17.3 Å². The van der Waals surface area contributed by atoms with Gasteiger partial charge >= 0.3 is 0 Å². The van der Waals surface area contributed by atoms with Gasteiger partial charge in [-0.25, -0.2) is 17.1 Å². The minimum absolute atomic E-state index is 0.0703. The minimum atomic E-state index is -3.58. The average Bonchev–Trinajstić information content (AvgIpc) is 2.95. The summed E-state index contributed by atoms with van der Waals surface area (Å²) in [5, 5.41) is 7.77. The van der Waals surface area contributed by atoms with Crippen molar-refractivity contribution < 1.29 is 17.6 Å². The number of rotatable bonds is 5. The number of fused-ring (bicyclic) bond motifs is 1. The van der Waals surface area contributed by atoms with Gasteiger partial charge in [0.2, 0.25) is 10.0 Å². The minimum Gasteiger partial charge on any atom is -0.390 e. The summed E-state index contributed by atoms with van der Waals surface area (Å²) >= 11 is 0. The Labute approximate surface area is 138 Å². The standard InChI is InChI=1S/C15H15FN4O3S/c1-19(2)24(21,22)13-6-7-14-15(9-13)20(18-17-14)23-10-11-4-3-5-12(16)8-11/h3-9H,10H2,1-2H3. The van der Waals surface area contributed by atoms with E-state index in [9.17, 15) is 12.8 Å². The number of hydrogen-bond donors (Lipinski definition) is 0. The average molecular weight is 350 g/mol. The van der Waals surface area contributed by atoms with Gasteiger partial charge in [-0.2, -0.15) is 0 Å². The van der Waals surface area contributed by atoms with Crippen LogP contribution in [0.1, 0.15) is 5.56 Å². The van der Waals surface area contributed by atoms with Gasteiger partial charge in [-0.05, 0) is 41.1 Å². The lowest BCUT2D eigenvalue weighted by Crippen LogP contribution is -2.22. The molecule has 0 fully saturated rings. The molecule has 0 bridgehead atoms. The van der Waals surface area contributed by atoms with Gasteiger partial charge in [-0.3, -0.25) is 0 Å². The zero-order valence-corrected chi connectivity index (χ0v) is 13.9. The second-order valence-corrected chi connectivity index (χ2v) is 7.46. The van der Waals surface area contributed by atoms with Crippen LogP contribution in [0.15, 0.2) is 47.4 Å². The van der Waals surface area contributed by atoms with E-state index < -0.39 is 10.0 Å². The van der Waals surface area contributed by atoms with Crippen LogP contribution < -0.4 is 4.84 Å². The van der Waals surface area contributed by atoms with Crippen LogP contribution in [0.5, 0.6) is 0 Å². The van der Waals surface area contributed by atoms with Gasteiger partial charge in [0, 0.05) is 14.1 Å². The normalized spacial score (nSPS) is 12.0. The number of sulfonamides is 1. The maximum Gasteiger partial charge on any atom is 0.242 e. The van der Waals surface area contributed by atoms with Gasteiger partial charge in [-0.1, -0.05) is 17.0 Å². The molecule has 9 heteroatoms. The van der Waals surface area contributed by atoms with Crippen LogP contribution in [0.25, 0.3) is 11.0 Å². The molecule has 0 aliphatic rings. The van der Waals surface area contributed by atoms with Crippen molar-refractivity contribution in [1.82, 2.24) is 19.5 Å². The molecule has 0 aliphatic heterocycles. The number of halogens is 1. The topological polar surface area (TPSA) is 77.3 Å². The second kappa shape index (κ2) is 6.17. The number of nitrogens with zero attached hydrogens (tertiary/aromatic N) is 4. The van der Waals surface area contributed by atoms with Crippen molar-refractivity contribution in [2.24, 2.45) is 0 Å². The molecule has 0 radical (unpaired) electrons. The summed E-state index contributed by atoms with van der Waals surface area (Å²) in [6.07, 6.45) is 0. The number of aromatic nitrogens is 3. The third-order valence-electron chi connectivity index (χ3n) is 3.41. The molecule has 2 aromatic carbocycles. The van der Waals surface area contributed by atoms with Crippen LogP contribution in [-0.4, -0.2) is 42.0 Å². The Morgan fingerprint density at radius 3 is 2.71 bits per heavy atom. The summed E-state index contributed by atoms with van der Waals surface area (Å²) < 4.78 is 38.7. The van der Waals surface area contributed by atoms with E-state index >= 15 is 0 Å². The Kier molecular flexibility index (Phi) is 4.20. The molecule has 0 unspecified atom stereocenters. The fourth-order valence-electron chi connectivity index (χ4n) is 2.11. The van der Waals surface area contributed by atoms with Crippen molar-refractivity contribution in [1.29, 1.82) is 0 Å². The zero-order chi connectivity index (χ0) is 17.3. The predicted octanol–water partition coefficient (Wildman–Crippen LogP) is 1.45. The monoisotopic (exact) mass is 350 g/mol. The maximum atomic E-state index is 13.2. The zero-order valence-electron chi connectivity index (χ0n) is 13.0. The highest BCUT2D eigenvalue weighted by Gasteiger charge is 2.19. The quantitative estimate of drug-likeness (QED) is 0.696. The van der Waals surface area contributed by atoms with Crippen molar-refractivity contribution in [3.05, 3.63) is 53.8 Å². The largest absolute Gasteiger partial charge is 0.390 e. The molecule has 0 saturated heterocycles. The highest BCUT2D eigenvalue weighted by molar-refractivity contribution is 7.89. The lowest BCUT2D eigenvalue weighted by Gasteiger charge is -2.11. The molecule has 0 N–H and O–H groups in total. The molecule has 0 aliphatic carbocycles. The van der Waals surface area contributed by atoms with E-state index in [1.165, 1.54) is 38.4 Å². The molecule has 1 heterocycles. The molecule has 0 atom stereocenters. The van der Waals surface area contributed by atoms with E-state index in [0.717, 1.165) is 9.15 Å². The van der Waals surface area contributed by atoms with Crippen LogP contribution in [0.4, 0.5) is 4.39 Å². The van der Waals surface area contributed by atoms with E-state index in [1.807, 2.05) is 0 Å². The van der Waals surface area contributed by atoms with Gasteiger partial charge in [-0.15, -0.1) is 5.10 Å². The molecule has 0 amide bonds. The Hall–Kier alpha value is -2.52. The Balaban J connectivity index is 1.92. The first-order valence-corrected chi connectivity index (χ1v) is 8.47. The molecule has 3 aromatic rings. The summed E-state index contributed by atoms with van der Waals surface area (Å²) in [7, 11) is -0.669. The molecule has 7 nitrogen and oxygen atoms in total. The van der Waals surface area contributed by atoms with Gasteiger partial charge in [0.1, 0.15) is 23.5 Å². The first-order valence-electron chi connectivity index (χ1n) is 7.03. The Bertz CT molecular complexity index is 985. The molecule has 3 rings (SSSR count). The molecular weight excluding hydrogens is 335 g/mol. The van der Waals surface area contributed by atoms with Crippen LogP contribution in [-0.2, 0) is 16.6 Å². The first-order chi connectivity index (χ1) is 11.4. The van der Waals surface area contributed by atoms with Crippen molar-refractivity contribution >= 4 is 21.1 Å².